The lowest BCUT2D eigenvalue weighted by Crippen LogP contribution is -2.67. The normalized spacial score (nSPS) is 35.2. The van der Waals surface area contributed by atoms with E-state index in [0.717, 1.165) is 122 Å². The van der Waals surface area contributed by atoms with Gasteiger partial charge in [-0.15, -0.1) is 0 Å². The van der Waals surface area contributed by atoms with E-state index in [0.29, 0.717) is 49.9 Å². The van der Waals surface area contributed by atoms with Gasteiger partial charge in [0.1, 0.15) is 29.0 Å². The molecule has 14 fully saturated rings. The Kier molecular flexibility index (Phi) is 23.0. The predicted molar refractivity (Wildman–Crippen MR) is 344 cm³/mol. The van der Waals surface area contributed by atoms with Crippen LogP contribution in [0.5, 0.6) is 0 Å². The van der Waals surface area contributed by atoms with Crippen molar-refractivity contribution < 1.29 is 86.4 Å². The molecule has 11 unspecified atom stereocenters. The molecule has 92 heavy (non-hydrogen) atoms. The lowest BCUT2D eigenvalue weighted by molar-refractivity contribution is -0.264. The number of hydrogen-bond donors (Lipinski definition) is 2. The lowest BCUT2D eigenvalue weighted by Gasteiger charge is -2.62. The van der Waals surface area contributed by atoms with Crippen LogP contribution >= 0.6 is 0 Å². The second-order valence-corrected chi connectivity index (χ2v) is 33.8. The van der Waals surface area contributed by atoms with Gasteiger partial charge < -0.3 is 52.8 Å². The number of carbonyl (C=O) groups excluding carboxylic acids is 7. The Bertz CT molecular complexity index is 2580. The molecule has 12 aliphatic carbocycles. The molecular weight excluding hydrogens is 1180 g/mol. The Labute approximate surface area is 550 Å². The summed E-state index contributed by atoms with van der Waals surface area (Å²) in [4.78, 5) is 86.2. The van der Waals surface area contributed by atoms with E-state index in [1.807, 2.05) is 69.2 Å². The van der Waals surface area contributed by atoms with Gasteiger partial charge in [-0.25, -0.2) is 9.59 Å². The van der Waals surface area contributed by atoms with Gasteiger partial charge in [-0.3, -0.25) is 24.0 Å². The molecule has 18 heteroatoms. The first-order valence-corrected chi connectivity index (χ1v) is 36.1. The minimum absolute atomic E-state index is 0.0197. The van der Waals surface area contributed by atoms with E-state index in [1.165, 1.54) is 38.5 Å². The van der Waals surface area contributed by atoms with Crippen molar-refractivity contribution in [1.29, 1.82) is 0 Å². The smallest absolute Gasteiger partial charge is 0.344 e. The Hall–Kier alpha value is -3.87. The zero-order chi connectivity index (χ0) is 67.7. The van der Waals surface area contributed by atoms with E-state index >= 15 is 0 Å². The summed E-state index contributed by atoms with van der Waals surface area (Å²) in [6, 6.07) is 0. The van der Waals surface area contributed by atoms with Gasteiger partial charge in [0.15, 0.2) is 12.7 Å². The van der Waals surface area contributed by atoms with Crippen molar-refractivity contribution in [3.63, 3.8) is 0 Å². The monoisotopic (exact) mass is 1300 g/mol. The second-order valence-electron chi connectivity index (χ2n) is 33.8. The van der Waals surface area contributed by atoms with Crippen LogP contribution in [0.2, 0.25) is 0 Å². The summed E-state index contributed by atoms with van der Waals surface area (Å²) in [6.45, 7) is 28.4. The summed E-state index contributed by atoms with van der Waals surface area (Å²) >= 11 is 0. The highest BCUT2D eigenvalue weighted by atomic mass is 16.7. The van der Waals surface area contributed by atoms with Crippen molar-refractivity contribution >= 4 is 41.8 Å². The molecule has 0 amide bonds. The first kappa shape index (κ1) is 73.9. The molecule has 0 aromatic carbocycles. The SMILES string of the molecule is CCC(C)(C)C(=O)OC12CC3CC(C1)CC(OC(C)C(=O)OC(C)OC1CCCCC1)(C3)C2.CCC(C)(C)C(=O)OC12CC3CC(O)(CC(O)(C3)C1)C2.CCC(C)(C)C(=O)OCC(=O)OC1C2CC3CC(C2)C(=O)OC1C3.CCC1(OC(=O)C(C)(C)CC)CCCC1. The Morgan fingerprint density at radius 2 is 1.07 bits per heavy atom. The molecule has 0 radical (unpaired) electrons. The molecular formula is C74H120O18. The molecule has 12 bridgehead atoms. The molecule has 12 saturated carbocycles. The molecule has 2 heterocycles. The maximum Gasteiger partial charge on any atom is 0.344 e. The molecule has 0 spiro atoms. The topological polar surface area (TPSA) is 243 Å². The molecule has 2 aliphatic heterocycles. The average molecular weight is 1300 g/mol. The van der Waals surface area contributed by atoms with E-state index in [-0.39, 0.29) is 77.4 Å². The van der Waals surface area contributed by atoms with E-state index in [4.69, 9.17) is 42.6 Å². The van der Waals surface area contributed by atoms with Crippen LogP contribution in [0.1, 0.15) is 296 Å². The minimum Gasteiger partial charge on any atom is -0.459 e. The maximum atomic E-state index is 12.9. The van der Waals surface area contributed by atoms with Crippen LogP contribution in [0.3, 0.4) is 0 Å². The van der Waals surface area contributed by atoms with E-state index in [1.54, 1.807) is 27.7 Å². The molecule has 2 saturated heterocycles. The summed E-state index contributed by atoms with van der Waals surface area (Å²) in [5, 5.41) is 21.3. The standard InChI is InChI=1S/C27H44O6.C18H26O6.C16H26O4.C13H24O2/c1-6-25(4,5)24(29)33-27-15-20-12-21(16-27)14-26(13-20,17-27)32-18(2)23(28)31-19(3)30-22-10-8-7-9-11-22;1-4-18(2,3)17(21)22-9-14(19)24-15-11-5-10-6-12(8-11)16(20)23-13(15)7-10;1-4-13(2,3)12(17)20-16-7-11-5-14(18,9-16)8-15(19,6-11)10-16;1-5-12(3,4)11(14)15-13(6-2)9-7-8-10-13/h18-22H,6-17H2,1-5H3;10-13,15H,4-9H2,1-3H3;11,18-19H,4-10H2,1-3H3;5-10H2,1-4H3. The fourth-order valence-corrected chi connectivity index (χ4v) is 18.0. The quantitative estimate of drug-likeness (QED) is 0.0616. The summed E-state index contributed by atoms with van der Waals surface area (Å²) in [6.07, 6.45) is 24.9. The number of carbonyl (C=O) groups is 7. The number of ether oxygens (including phenoxy) is 9. The summed E-state index contributed by atoms with van der Waals surface area (Å²) in [5.41, 5.74) is -5.26. The molecule has 0 aromatic heterocycles. The van der Waals surface area contributed by atoms with Crippen molar-refractivity contribution in [2.45, 2.75) is 361 Å². The summed E-state index contributed by atoms with van der Waals surface area (Å²) in [7, 11) is 0. The number of hydrogen-bond acceptors (Lipinski definition) is 18. The van der Waals surface area contributed by atoms with E-state index < -0.39 is 74.7 Å². The number of rotatable bonds is 21. The van der Waals surface area contributed by atoms with Crippen LogP contribution in [-0.2, 0) is 76.2 Å². The highest BCUT2D eigenvalue weighted by molar-refractivity contribution is 5.80. The van der Waals surface area contributed by atoms with Crippen molar-refractivity contribution in [2.24, 2.45) is 57.2 Å². The molecule has 14 rings (SSSR count). The fourth-order valence-electron chi connectivity index (χ4n) is 18.0. The molecule has 2 N–H and O–H groups in total. The first-order valence-electron chi connectivity index (χ1n) is 36.1. The zero-order valence-electron chi connectivity index (χ0n) is 59.2. The van der Waals surface area contributed by atoms with Crippen molar-refractivity contribution in [1.82, 2.24) is 0 Å². The van der Waals surface area contributed by atoms with Crippen molar-refractivity contribution in [3.05, 3.63) is 0 Å². The Morgan fingerprint density at radius 3 is 1.60 bits per heavy atom. The maximum absolute atomic E-state index is 12.9. The lowest BCUT2D eigenvalue weighted by atomic mass is 9.50. The van der Waals surface area contributed by atoms with Gasteiger partial charge in [0.25, 0.3) is 0 Å². The van der Waals surface area contributed by atoms with Crippen LogP contribution in [0.15, 0.2) is 0 Å². The van der Waals surface area contributed by atoms with Crippen LogP contribution in [-0.4, -0.2) is 123 Å². The van der Waals surface area contributed by atoms with Gasteiger partial charge in [0.05, 0.1) is 50.5 Å². The summed E-state index contributed by atoms with van der Waals surface area (Å²) in [5.74, 6) is 0.0410. The highest BCUT2D eigenvalue weighted by Crippen LogP contribution is 2.62. The Morgan fingerprint density at radius 1 is 0.554 bits per heavy atom. The number of fused-ring (bicyclic) bond motifs is 1. The number of esters is 7. The van der Waals surface area contributed by atoms with Crippen LogP contribution in [0.25, 0.3) is 0 Å². The van der Waals surface area contributed by atoms with E-state index in [9.17, 15) is 43.8 Å². The van der Waals surface area contributed by atoms with Crippen molar-refractivity contribution in [2.75, 3.05) is 6.61 Å². The van der Waals surface area contributed by atoms with E-state index in [2.05, 4.69) is 6.92 Å². The van der Waals surface area contributed by atoms with Crippen molar-refractivity contribution in [3.8, 4) is 0 Å². The third-order valence-corrected chi connectivity index (χ3v) is 24.1. The van der Waals surface area contributed by atoms with Gasteiger partial charge in [0.2, 0.25) is 6.29 Å². The zero-order valence-corrected chi connectivity index (χ0v) is 59.2. The third kappa shape index (κ3) is 17.6. The minimum atomic E-state index is -0.842. The largest absolute Gasteiger partial charge is 0.459 e. The highest BCUT2D eigenvalue weighted by Gasteiger charge is 2.65. The van der Waals surface area contributed by atoms with Gasteiger partial charge in [-0.1, -0.05) is 53.9 Å². The molecule has 0 aromatic rings. The van der Waals surface area contributed by atoms with Crippen LogP contribution < -0.4 is 0 Å². The fraction of sp³-hybridized carbons (Fsp3) is 0.905. The van der Waals surface area contributed by atoms with Crippen LogP contribution in [0.4, 0.5) is 0 Å². The van der Waals surface area contributed by atoms with Gasteiger partial charge >= 0.3 is 41.8 Å². The second kappa shape index (κ2) is 28.7. The van der Waals surface area contributed by atoms with Gasteiger partial charge in [-0.2, -0.15) is 0 Å². The molecule has 11 atom stereocenters. The first-order chi connectivity index (χ1) is 42.9. The molecule has 14 aliphatic rings. The number of aliphatic hydroxyl groups is 2. The van der Waals surface area contributed by atoms with Gasteiger partial charge in [-0.05, 0) is 241 Å². The molecule has 18 nitrogen and oxygen atoms in total. The Balaban J connectivity index is 0.000000164. The van der Waals surface area contributed by atoms with Gasteiger partial charge in [0, 0.05) is 31.6 Å². The predicted octanol–water partition coefficient (Wildman–Crippen LogP) is 13.8. The average Bonchev–Trinajstić information content (AvgIpc) is 0.871. The summed E-state index contributed by atoms with van der Waals surface area (Å²) < 4.78 is 52.1. The molecule has 524 valence electrons. The third-order valence-electron chi connectivity index (χ3n) is 24.1. The van der Waals surface area contributed by atoms with Crippen LogP contribution in [0, 0.1) is 57.2 Å².